The molecular formula is C29H30FN5O4. The molecular weight excluding hydrogens is 501 g/mol. The van der Waals surface area contributed by atoms with Gasteiger partial charge < -0.3 is 19.7 Å². The van der Waals surface area contributed by atoms with Gasteiger partial charge in [-0.15, -0.1) is 5.10 Å². The Bertz CT molecular complexity index is 1420. The first-order valence-electron chi connectivity index (χ1n) is 12.9. The summed E-state index contributed by atoms with van der Waals surface area (Å²) < 4.78 is 26.3. The summed E-state index contributed by atoms with van der Waals surface area (Å²) in [5.41, 5.74) is 2.66. The van der Waals surface area contributed by atoms with Crippen LogP contribution in [0.2, 0.25) is 0 Å². The number of nitrogens with zero attached hydrogens (tertiary/aromatic N) is 4. The van der Waals surface area contributed by atoms with Crippen LogP contribution in [0.4, 0.5) is 4.39 Å². The molecule has 10 heteroatoms. The zero-order valence-electron chi connectivity index (χ0n) is 21.6. The third kappa shape index (κ3) is 6.23. The number of ether oxygens (including phenoxy) is 2. The highest BCUT2D eigenvalue weighted by atomic mass is 19.1. The number of halogens is 1. The number of para-hydroxylation sites is 1. The Balaban J connectivity index is 1.49. The fourth-order valence-corrected chi connectivity index (χ4v) is 4.74. The molecule has 39 heavy (non-hydrogen) atoms. The molecule has 0 radical (unpaired) electrons. The highest BCUT2D eigenvalue weighted by Gasteiger charge is 2.33. The molecule has 1 N–H and O–H groups in total. The van der Waals surface area contributed by atoms with E-state index in [2.05, 4.69) is 15.6 Å². The Labute approximate surface area is 225 Å². The van der Waals surface area contributed by atoms with Crippen molar-refractivity contribution in [2.24, 2.45) is 0 Å². The van der Waals surface area contributed by atoms with Crippen molar-refractivity contribution in [1.29, 1.82) is 0 Å². The lowest BCUT2D eigenvalue weighted by molar-refractivity contribution is -0.142. The van der Waals surface area contributed by atoms with Crippen LogP contribution in [-0.2, 0) is 27.4 Å². The Hall–Kier alpha value is -4.31. The normalized spacial score (nSPS) is 15.7. The SMILES string of the molecule is COc1ccc(CN(C(=O)Cn2nnc3ccccc32)[C@@H](C(=O)NC[C@H]2CCCO2)c2ccc(F)cc2)cc1. The monoisotopic (exact) mass is 531 g/mol. The van der Waals surface area contributed by atoms with Gasteiger partial charge in [-0.2, -0.15) is 0 Å². The Kier molecular flexibility index (Phi) is 8.12. The molecule has 1 aromatic heterocycles. The van der Waals surface area contributed by atoms with Gasteiger partial charge in [0.2, 0.25) is 11.8 Å². The van der Waals surface area contributed by atoms with Gasteiger partial charge in [0.1, 0.15) is 29.7 Å². The number of nitrogens with one attached hydrogen (secondary N) is 1. The van der Waals surface area contributed by atoms with E-state index in [0.717, 1.165) is 18.4 Å². The maximum absolute atomic E-state index is 14.0. The van der Waals surface area contributed by atoms with Crippen molar-refractivity contribution >= 4 is 22.8 Å². The molecule has 5 rings (SSSR count). The molecule has 202 valence electrons. The predicted molar refractivity (Wildman–Crippen MR) is 142 cm³/mol. The third-order valence-electron chi connectivity index (χ3n) is 6.81. The van der Waals surface area contributed by atoms with Gasteiger partial charge in [-0.3, -0.25) is 9.59 Å². The van der Waals surface area contributed by atoms with Gasteiger partial charge in [0.15, 0.2) is 0 Å². The number of carbonyl (C=O) groups is 2. The number of fused-ring (bicyclic) bond motifs is 1. The van der Waals surface area contributed by atoms with Gasteiger partial charge >= 0.3 is 0 Å². The van der Waals surface area contributed by atoms with E-state index in [1.807, 2.05) is 36.4 Å². The number of aromatic nitrogens is 3. The van der Waals surface area contributed by atoms with Crippen LogP contribution in [0.25, 0.3) is 11.0 Å². The second-order valence-electron chi connectivity index (χ2n) is 9.44. The quantitative estimate of drug-likeness (QED) is 0.336. The molecule has 2 heterocycles. The van der Waals surface area contributed by atoms with Crippen LogP contribution in [0, 0.1) is 5.82 Å². The number of rotatable bonds is 10. The summed E-state index contributed by atoms with van der Waals surface area (Å²) in [7, 11) is 1.58. The lowest BCUT2D eigenvalue weighted by Crippen LogP contribution is -2.46. The maximum Gasteiger partial charge on any atom is 0.247 e. The number of methoxy groups -OCH3 is 1. The number of benzene rings is 3. The van der Waals surface area contributed by atoms with Crippen molar-refractivity contribution in [3.63, 3.8) is 0 Å². The Morgan fingerprint density at radius 1 is 1.13 bits per heavy atom. The summed E-state index contributed by atoms with van der Waals surface area (Å²) >= 11 is 0. The zero-order chi connectivity index (χ0) is 27.2. The molecule has 1 aliphatic heterocycles. The predicted octanol–water partition coefficient (Wildman–Crippen LogP) is 3.64. The first kappa shape index (κ1) is 26.3. The van der Waals surface area contributed by atoms with Crippen molar-refractivity contribution in [1.82, 2.24) is 25.2 Å². The van der Waals surface area contributed by atoms with E-state index in [0.29, 0.717) is 35.5 Å². The minimum atomic E-state index is -1.02. The summed E-state index contributed by atoms with van der Waals surface area (Å²) in [5, 5.41) is 11.3. The van der Waals surface area contributed by atoms with Gasteiger partial charge in [-0.05, 0) is 60.4 Å². The zero-order valence-corrected chi connectivity index (χ0v) is 21.6. The maximum atomic E-state index is 14.0. The van der Waals surface area contributed by atoms with Crippen molar-refractivity contribution in [2.45, 2.75) is 38.1 Å². The van der Waals surface area contributed by atoms with E-state index in [-0.39, 0.29) is 31.0 Å². The molecule has 0 spiro atoms. The van der Waals surface area contributed by atoms with Crippen molar-refractivity contribution in [3.8, 4) is 5.75 Å². The molecule has 3 aromatic carbocycles. The molecule has 1 saturated heterocycles. The molecule has 0 bridgehead atoms. The van der Waals surface area contributed by atoms with Gasteiger partial charge in [0.05, 0.1) is 18.7 Å². The Morgan fingerprint density at radius 3 is 2.62 bits per heavy atom. The molecule has 0 unspecified atom stereocenters. The van der Waals surface area contributed by atoms with Gasteiger partial charge in [0.25, 0.3) is 0 Å². The molecule has 9 nitrogen and oxygen atoms in total. The van der Waals surface area contributed by atoms with Gasteiger partial charge in [-0.1, -0.05) is 41.6 Å². The van der Waals surface area contributed by atoms with Gasteiger partial charge in [0, 0.05) is 19.7 Å². The van der Waals surface area contributed by atoms with Crippen molar-refractivity contribution in [3.05, 3.63) is 89.7 Å². The lowest BCUT2D eigenvalue weighted by atomic mass is 10.0. The van der Waals surface area contributed by atoms with E-state index in [9.17, 15) is 14.0 Å². The number of amides is 2. The van der Waals surface area contributed by atoms with Crippen LogP contribution in [0.15, 0.2) is 72.8 Å². The van der Waals surface area contributed by atoms with E-state index >= 15 is 0 Å². The van der Waals surface area contributed by atoms with Crippen LogP contribution in [0.3, 0.4) is 0 Å². The minimum Gasteiger partial charge on any atom is -0.497 e. The van der Waals surface area contributed by atoms with E-state index in [1.165, 1.54) is 33.8 Å². The van der Waals surface area contributed by atoms with Crippen LogP contribution in [0.5, 0.6) is 5.75 Å². The second kappa shape index (κ2) is 12.0. The summed E-state index contributed by atoms with van der Waals surface area (Å²) in [5.74, 6) is -0.472. The smallest absolute Gasteiger partial charge is 0.247 e. The van der Waals surface area contributed by atoms with Crippen LogP contribution >= 0.6 is 0 Å². The minimum absolute atomic E-state index is 0.0740. The fourth-order valence-electron chi connectivity index (χ4n) is 4.74. The topological polar surface area (TPSA) is 98.6 Å². The summed E-state index contributed by atoms with van der Waals surface area (Å²) in [4.78, 5) is 29.2. The number of hydrogen-bond acceptors (Lipinski definition) is 6. The van der Waals surface area contributed by atoms with E-state index < -0.39 is 11.9 Å². The highest BCUT2D eigenvalue weighted by Crippen LogP contribution is 2.26. The summed E-state index contributed by atoms with van der Waals surface area (Å²) in [6.07, 6.45) is 1.72. The third-order valence-corrected chi connectivity index (χ3v) is 6.81. The van der Waals surface area contributed by atoms with Crippen molar-refractivity contribution in [2.75, 3.05) is 20.3 Å². The van der Waals surface area contributed by atoms with Gasteiger partial charge in [-0.25, -0.2) is 9.07 Å². The lowest BCUT2D eigenvalue weighted by Gasteiger charge is -2.32. The molecule has 1 fully saturated rings. The largest absolute Gasteiger partial charge is 0.497 e. The standard InChI is InChI=1S/C29H30FN5O4/c1-38-23-14-8-20(9-15-23)18-34(27(36)19-35-26-7-3-2-6-25(26)32-33-35)28(21-10-12-22(30)13-11-21)29(37)31-17-24-5-4-16-39-24/h2-3,6-15,24,28H,4-5,16-19H2,1H3,(H,31,37)/t24-,28-/m1/s1. The summed E-state index contributed by atoms with van der Waals surface area (Å²) in [6, 6.07) is 19.3. The van der Waals surface area contributed by atoms with E-state index in [4.69, 9.17) is 9.47 Å². The number of carbonyl (C=O) groups excluding carboxylic acids is 2. The molecule has 0 aliphatic carbocycles. The van der Waals surface area contributed by atoms with Crippen molar-refractivity contribution < 1.29 is 23.5 Å². The Morgan fingerprint density at radius 2 is 1.90 bits per heavy atom. The van der Waals surface area contributed by atoms with E-state index in [1.54, 1.807) is 19.2 Å². The first-order chi connectivity index (χ1) is 19.0. The fraction of sp³-hybridized carbons (Fsp3) is 0.310. The van der Waals surface area contributed by atoms with Crippen LogP contribution < -0.4 is 10.1 Å². The molecule has 2 amide bonds. The molecule has 4 aromatic rings. The molecule has 1 aliphatic rings. The molecule has 2 atom stereocenters. The average molecular weight is 532 g/mol. The highest BCUT2D eigenvalue weighted by molar-refractivity contribution is 5.89. The number of hydrogen-bond donors (Lipinski definition) is 1. The second-order valence-corrected chi connectivity index (χ2v) is 9.44. The average Bonchev–Trinajstić information content (AvgIpc) is 3.63. The summed E-state index contributed by atoms with van der Waals surface area (Å²) in [6.45, 7) is 0.989. The van der Waals surface area contributed by atoms with Crippen LogP contribution in [0.1, 0.15) is 30.0 Å². The molecule has 0 saturated carbocycles. The van der Waals surface area contributed by atoms with Crippen LogP contribution in [-0.4, -0.2) is 58.1 Å². The first-order valence-corrected chi connectivity index (χ1v) is 12.9.